The summed E-state index contributed by atoms with van der Waals surface area (Å²) in [5.74, 6) is 2.00. The molecule has 6 rings (SSSR count). The van der Waals surface area contributed by atoms with Crippen LogP contribution in [0.5, 0.6) is 16.6 Å². The number of nitrogens with zero attached hydrogens (tertiary/aromatic N) is 2. The molecule has 6 aromatic rings. The number of hydrogen-bond acceptors (Lipinski definition) is 7. The van der Waals surface area contributed by atoms with E-state index in [4.69, 9.17) is 23.0 Å². The average Bonchev–Trinajstić information content (AvgIpc) is 3.64. The summed E-state index contributed by atoms with van der Waals surface area (Å²) < 4.78 is 30.3. The molecule has 7 nitrogen and oxygen atoms in total. The van der Waals surface area contributed by atoms with Gasteiger partial charge in [-0.1, -0.05) is 29.5 Å². The van der Waals surface area contributed by atoms with Crippen LogP contribution in [0.15, 0.2) is 82.3 Å². The van der Waals surface area contributed by atoms with Crippen LogP contribution in [0.25, 0.3) is 38.5 Å². The second-order valence-electron chi connectivity index (χ2n) is 7.72. The summed E-state index contributed by atoms with van der Waals surface area (Å²) in [6.07, 6.45) is 7.22. The molecule has 0 amide bonds. The highest BCUT2D eigenvalue weighted by Crippen LogP contribution is 2.38. The summed E-state index contributed by atoms with van der Waals surface area (Å²) in [6, 6.07) is 15.8. The number of methoxy groups -OCH3 is 2. The molecule has 8 heteroatoms. The molecule has 0 unspecified atom stereocenters. The van der Waals surface area contributed by atoms with E-state index in [2.05, 4.69) is 11.1 Å². The molecular formula is C26H20N2O5S. The van der Waals surface area contributed by atoms with Gasteiger partial charge in [-0.3, -0.25) is 4.40 Å². The van der Waals surface area contributed by atoms with Gasteiger partial charge >= 0.3 is 0 Å². The first-order valence-electron chi connectivity index (χ1n) is 10.6. The Balaban J connectivity index is 1.32. The fraction of sp³-hybridized carbons (Fsp3) is 0.115. The second-order valence-corrected chi connectivity index (χ2v) is 8.69. The summed E-state index contributed by atoms with van der Waals surface area (Å²) in [5.41, 5.74) is 4.56. The van der Waals surface area contributed by atoms with E-state index in [1.165, 1.54) is 11.3 Å². The number of benzene rings is 2. The molecule has 0 saturated carbocycles. The van der Waals surface area contributed by atoms with E-state index >= 15 is 0 Å². The van der Waals surface area contributed by atoms with Crippen molar-refractivity contribution in [2.75, 3.05) is 14.2 Å². The van der Waals surface area contributed by atoms with Gasteiger partial charge in [-0.15, -0.1) is 0 Å². The largest absolute Gasteiger partial charge is 0.496 e. The van der Waals surface area contributed by atoms with Gasteiger partial charge in [0.05, 0.1) is 38.3 Å². The zero-order valence-corrected chi connectivity index (χ0v) is 19.3. The quantitative estimate of drug-likeness (QED) is 0.259. The first kappa shape index (κ1) is 20.4. The summed E-state index contributed by atoms with van der Waals surface area (Å²) >= 11 is 1.47. The number of hydrogen-bond donors (Lipinski definition) is 0. The van der Waals surface area contributed by atoms with Crippen LogP contribution in [0.1, 0.15) is 5.56 Å². The Hall–Kier alpha value is -4.17. The van der Waals surface area contributed by atoms with Crippen LogP contribution in [-0.4, -0.2) is 23.6 Å². The van der Waals surface area contributed by atoms with Gasteiger partial charge in [-0.2, -0.15) is 0 Å². The molecule has 0 aliphatic carbocycles. The predicted octanol–water partition coefficient (Wildman–Crippen LogP) is 6.67. The van der Waals surface area contributed by atoms with Gasteiger partial charge in [0.15, 0.2) is 15.8 Å². The van der Waals surface area contributed by atoms with Crippen LogP contribution in [0.3, 0.4) is 0 Å². The van der Waals surface area contributed by atoms with Crippen molar-refractivity contribution < 1.29 is 23.0 Å². The smallest absolute Gasteiger partial charge is 0.197 e. The van der Waals surface area contributed by atoms with Crippen molar-refractivity contribution in [1.82, 2.24) is 9.38 Å². The van der Waals surface area contributed by atoms with Crippen molar-refractivity contribution in [3.05, 3.63) is 79.0 Å². The molecule has 4 aromatic heterocycles. The van der Waals surface area contributed by atoms with Crippen molar-refractivity contribution in [3.8, 4) is 39.1 Å². The van der Waals surface area contributed by atoms with E-state index in [1.807, 2.05) is 59.3 Å². The lowest BCUT2D eigenvalue weighted by atomic mass is 10.1. The monoisotopic (exact) mass is 472 g/mol. The Kier molecular flexibility index (Phi) is 5.00. The summed E-state index contributed by atoms with van der Waals surface area (Å²) in [5, 5.41) is 1.66. The van der Waals surface area contributed by atoms with E-state index < -0.39 is 0 Å². The lowest BCUT2D eigenvalue weighted by Gasteiger charge is -2.10. The van der Waals surface area contributed by atoms with Crippen molar-refractivity contribution in [2.24, 2.45) is 0 Å². The Morgan fingerprint density at radius 2 is 1.94 bits per heavy atom. The van der Waals surface area contributed by atoms with Gasteiger partial charge in [0.2, 0.25) is 0 Å². The van der Waals surface area contributed by atoms with Crippen LogP contribution in [0, 0.1) is 0 Å². The van der Waals surface area contributed by atoms with Crippen LogP contribution in [-0.2, 0) is 6.61 Å². The highest BCUT2D eigenvalue weighted by molar-refractivity contribution is 7.18. The molecule has 4 heterocycles. The summed E-state index contributed by atoms with van der Waals surface area (Å²) in [6.45, 7) is 0.397. The third kappa shape index (κ3) is 3.68. The zero-order valence-electron chi connectivity index (χ0n) is 18.5. The molecule has 0 N–H and O–H groups in total. The van der Waals surface area contributed by atoms with Gasteiger partial charge in [0.25, 0.3) is 0 Å². The van der Waals surface area contributed by atoms with Crippen molar-refractivity contribution >= 4 is 27.3 Å². The average molecular weight is 473 g/mol. The number of furan rings is 2. The zero-order chi connectivity index (χ0) is 23.1. The standard InChI is InChI=1S/C26H20N2O5S/c1-29-19-9-22(32-14-16-4-3-5-17(8-16)18-6-7-31-15-18)20-11-24(33-23(20)10-19)21-12-28-13-25(30-2)34-26(28)27-21/h3-13,15H,14H2,1-2H3. The Labute approximate surface area is 198 Å². The number of fused-ring (bicyclic) bond motifs is 2. The molecule has 0 fully saturated rings. The van der Waals surface area contributed by atoms with Gasteiger partial charge in [-0.05, 0) is 29.3 Å². The van der Waals surface area contributed by atoms with E-state index in [-0.39, 0.29) is 0 Å². The molecule has 0 aliphatic rings. The minimum absolute atomic E-state index is 0.397. The Bertz CT molecular complexity index is 1560. The maximum absolute atomic E-state index is 6.24. The predicted molar refractivity (Wildman–Crippen MR) is 130 cm³/mol. The first-order valence-corrected chi connectivity index (χ1v) is 11.4. The third-order valence-electron chi connectivity index (χ3n) is 5.57. The third-order valence-corrected chi connectivity index (χ3v) is 6.53. The molecule has 0 bridgehead atoms. The summed E-state index contributed by atoms with van der Waals surface area (Å²) in [7, 11) is 3.27. The fourth-order valence-corrected chi connectivity index (χ4v) is 4.65. The number of thiazole rings is 1. The SMILES string of the molecule is COc1cc(OCc2cccc(-c3ccoc3)c2)c2cc(-c3cn4cc(OC)sc4n3)oc2c1. The molecule has 170 valence electrons. The Morgan fingerprint density at radius 3 is 2.74 bits per heavy atom. The number of imidazole rings is 1. The highest BCUT2D eigenvalue weighted by atomic mass is 32.1. The van der Waals surface area contributed by atoms with Crippen molar-refractivity contribution in [1.29, 1.82) is 0 Å². The maximum Gasteiger partial charge on any atom is 0.197 e. The lowest BCUT2D eigenvalue weighted by Crippen LogP contribution is -1.96. The van der Waals surface area contributed by atoms with Gasteiger partial charge in [0, 0.05) is 23.9 Å². The van der Waals surface area contributed by atoms with Crippen LogP contribution >= 0.6 is 11.3 Å². The lowest BCUT2D eigenvalue weighted by molar-refractivity contribution is 0.307. The van der Waals surface area contributed by atoms with E-state index in [9.17, 15) is 0 Å². The molecule has 0 spiro atoms. The van der Waals surface area contributed by atoms with Crippen molar-refractivity contribution in [3.63, 3.8) is 0 Å². The molecule has 2 aromatic carbocycles. The van der Waals surface area contributed by atoms with E-state index in [0.717, 1.165) is 37.8 Å². The topological polar surface area (TPSA) is 71.3 Å². The second kappa shape index (κ2) is 8.31. The molecule has 0 aliphatic heterocycles. The molecule has 0 radical (unpaired) electrons. The number of rotatable bonds is 7. The highest BCUT2D eigenvalue weighted by Gasteiger charge is 2.17. The van der Waals surface area contributed by atoms with Crippen molar-refractivity contribution in [2.45, 2.75) is 6.61 Å². The van der Waals surface area contributed by atoms with Crippen LogP contribution in [0.2, 0.25) is 0 Å². The fourth-order valence-electron chi connectivity index (χ4n) is 3.86. The number of aromatic nitrogens is 2. The number of ether oxygens (including phenoxy) is 3. The van der Waals surface area contributed by atoms with Crippen LogP contribution in [0.4, 0.5) is 0 Å². The molecule has 34 heavy (non-hydrogen) atoms. The summed E-state index contributed by atoms with van der Waals surface area (Å²) in [4.78, 5) is 5.51. The van der Waals surface area contributed by atoms with Gasteiger partial charge in [0.1, 0.15) is 29.4 Å². The Morgan fingerprint density at radius 1 is 1.00 bits per heavy atom. The maximum atomic E-state index is 6.24. The first-order chi connectivity index (χ1) is 16.7. The van der Waals surface area contributed by atoms with Gasteiger partial charge < -0.3 is 23.0 Å². The van der Waals surface area contributed by atoms with Crippen LogP contribution < -0.4 is 14.2 Å². The van der Waals surface area contributed by atoms with E-state index in [1.54, 1.807) is 26.7 Å². The molecule has 0 atom stereocenters. The van der Waals surface area contributed by atoms with Gasteiger partial charge in [-0.25, -0.2) is 4.98 Å². The molecular weight excluding hydrogens is 452 g/mol. The van der Waals surface area contributed by atoms with E-state index in [0.29, 0.717) is 29.4 Å². The molecule has 0 saturated heterocycles. The minimum atomic E-state index is 0.397. The normalized spacial score (nSPS) is 11.4. The minimum Gasteiger partial charge on any atom is -0.496 e.